The Hall–Kier alpha value is -1.54. The number of nitrogens with zero attached hydrogens (tertiary/aromatic N) is 1. The number of urea groups is 1. The van der Waals surface area contributed by atoms with Crippen molar-refractivity contribution in [2.75, 3.05) is 19.3 Å². The van der Waals surface area contributed by atoms with E-state index in [1.165, 1.54) is 0 Å². The molecule has 0 unspecified atom stereocenters. The number of rotatable bonds is 5. The molecule has 0 bridgehead atoms. The van der Waals surface area contributed by atoms with E-state index in [0.29, 0.717) is 32.4 Å². The molecule has 124 valence electrons. The zero-order valence-electron chi connectivity index (χ0n) is 12.9. The van der Waals surface area contributed by atoms with Crippen LogP contribution in [0.15, 0.2) is 22.8 Å². The summed E-state index contributed by atoms with van der Waals surface area (Å²) in [7, 11) is -3.19. The lowest BCUT2D eigenvalue weighted by molar-refractivity contribution is 0.176. The molecule has 1 fully saturated rings. The first-order valence-corrected chi connectivity index (χ1v) is 9.28. The Morgan fingerprint density at radius 3 is 2.68 bits per heavy atom. The fourth-order valence-electron chi connectivity index (χ4n) is 2.59. The molecule has 1 saturated heterocycles. The van der Waals surface area contributed by atoms with E-state index in [1.54, 1.807) is 11.2 Å². The number of nitrogens with one attached hydrogen (secondary N) is 2. The summed E-state index contributed by atoms with van der Waals surface area (Å²) in [5.74, 6) is 0.837. The largest absolute Gasteiger partial charge is 0.469 e. The number of carbonyl (C=O) groups is 1. The van der Waals surface area contributed by atoms with Crippen LogP contribution in [0, 0.1) is 0 Å². The van der Waals surface area contributed by atoms with Gasteiger partial charge in [0.25, 0.3) is 0 Å². The molecule has 2 amide bonds. The van der Waals surface area contributed by atoms with Gasteiger partial charge in [-0.25, -0.2) is 17.9 Å². The third-order valence-corrected chi connectivity index (χ3v) is 4.38. The maximum atomic E-state index is 12.2. The summed E-state index contributed by atoms with van der Waals surface area (Å²) in [6.45, 7) is 3.03. The van der Waals surface area contributed by atoms with Gasteiger partial charge in [0.15, 0.2) is 0 Å². The number of furan rings is 1. The number of amides is 2. The summed E-state index contributed by atoms with van der Waals surface area (Å²) in [6, 6.07) is 3.48. The molecule has 1 aliphatic heterocycles. The van der Waals surface area contributed by atoms with E-state index in [1.807, 2.05) is 19.1 Å². The number of hydrogen-bond acceptors (Lipinski definition) is 4. The third-order valence-electron chi connectivity index (χ3n) is 3.62. The van der Waals surface area contributed by atoms with E-state index in [-0.39, 0.29) is 18.1 Å². The highest BCUT2D eigenvalue weighted by Gasteiger charge is 2.25. The van der Waals surface area contributed by atoms with E-state index < -0.39 is 10.0 Å². The van der Waals surface area contributed by atoms with Crippen molar-refractivity contribution in [2.24, 2.45) is 0 Å². The van der Waals surface area contributed by atoms with Gasteiger partial charge in [0.2, 0.25) is 10.0 Å². The van der Waals surface area contributed by atoms with Crippen molar-refractivity contribution in [2.45, 2.75) is 38.3 Å². The van der Waals surface area contributed by atoms with Gasteiger partial charge in [-0.1, -0.05) is 0 Å². The van der Waals surface area contributed by atoms with Crippen LogP contribution in [0.25, 0.3) is 0 Å². The molecule has 0 saturated carbocycles. The molecule has 1 aromatic heterocycles. The first-order valence-electron chi connectivity index (χ1n) is 7.38. The van der Waals surface area contributed by atoms with Crippen molar-refractivity contribution in [1.82, 2.24) is 14.9 Å². The molecular formula is C14H23N3O4S. The number of likely N-dealkylation sites (tertiary alicyclic amines) is 1. The van der Waals surface area contributed by atoms with Gasteiger partial charge in [0.1, 0.15) is 5.76 Å². The minimum atomic E-state index is -3.19. The quantitative estimate of drug-likeness (QED) is 0.841. The Morgan fingerprint density at radius 2 is 2.14 bits per heavy atom. The zero-order valence-corrected chi connectivity index (χ0v) is 13.7. The van der Waals surface area contributed by atoms with E-state index in [4.69, 9.17) is 4.42 Å². The second kappa shape index (κ2) is 7.15. The molecule has 0 spiro atoms. The summed E-state index contributed by atoms with van der Waals surface area (Å²) < 4.78 is 30.2. The van der Waals surface area contributed by atoms with Gasteiger partial charge < -0.3 is 14.6 Å². The monoisotopic (exact) mass is 329 g/mol. The van der Waals surface area contributed by atoms with E-state index in [9.17, 15) is 13.2 Å². The van der Waals surface area contributed by atoms with Crippen LogP contribution >= 0.6 is 0 Å². The van der Waals surface area contributed by atoms with Crippen molar-refractivity contribution in [1.29, 1.82) is 0 Å². The molecular weight excluding hydrogens is 306 g/mol. The molecule has 0 aromatic carbocycles. The molecule has 0 aliphatic carbocycles. The molecule has 2 heterocycles. The number of hydrogen-bond donors (Lipinski definition) is 2. The average Bonchev–Trinajstić information content (AvgIpc) is 2.90. The molecule has 0 radical (unpaired) electrons. The van der Waals surface area contributed by atoms with Crippen molar-refractivity contribution in [3.8, 4) is 0 Å². The Balaban J connectivity index is 1.75. The van der Waals surface area contributed by atoms with Crippen LogP contribution in [-0.2, 0) is 16.4 Å². The Kier molecular flexibility index (Phi) is 5.47. The molecule has 8 heteroatoms. The SMILES string of the molecule is C[C@H](Cc1ccco1)NC(=O)N1CCC(NS(C)(=O)=O)CC1. The van der Waals surface area contributed by atoms with Crippen molar-refractivity contribution < 1.29 is 17.6 Å². The summed E-state index contributed by atoms with van der Waals surface area (Å²) in [6.07, 6.45) is 4.68. The lowest BCUT2D eigenvalue weighted by Crippen LogP contribution is -2.51. The zero-order chi connectivity index (χ0) is 16.2. The first-order chi connectivity index (χ1) is 10.3. The molecule has 2 N–H and O–H groups in total. The van der Waals surface area contributed by atoms with E-state index >= 15 is 0 Å². The molecule has 22 heavy (non-hydrogen) atoms. The molecule has 1 atom stereocenters. The first kappa shape index (κ1) is 16.8. The summed E-state index contributed by atoms with van der Waals surface area (Å²) in [5, 5.41) is 2.94. The minimum Gasteiger partial charge on any atom is -0.469 e. The van der Waals surface area contributed by atoms with Gasteiger partial charge in [0, 0.05) is 31.6 Å². The summed E-state index contributed by atoms with van der Waals surface area (Å²) in [4.78, 5) is 13.9. The standard InChI is InChI=1S/C14H23N3O4S/c1-11(10-13-4-3-9-21-13)15-14(18)17-7-5-12(6-8-17)16-22(2,19)20/h3-4,9,11-12,16H,5-8,10H2,1-2H3,(H,15,18)/t11-/m1/s1. The second-order valence-electron chi connectivity index (χ2n) is 5.79. The number of sulfonamides is 1. The van der Waals surface area contributed by atoms with Crippen LogP contribution in [0.4, 0.5) is 4.79 Å². The van der Waals surface area contributed by atoms with Gasteiger partial charge in [0.05, 0.1) is 12.5 Å². The van der Waals surface area contributed by atoms with Crippen LogP contribution in [0.3, 0.4) is 0 Å². The number of piperidine rings is 1. The van der Waals surface area contributed by atoms with Gasteiger partial charge in [-0.2, -0.15) is 0 Å². The van der Waals surface area contributed by atoms with Crippen LogP contribution < -0.4 is 10.0 Å². The molecule has 1 aliphatic rings. The van der Waals surface area contributed by atoms with Crippen molar-refractivity contribution >= 4 is 16.1 Å². The minimum absolute atomic E-state index is 0.0227. The van der Waals surface area contributed by atoms with E-state index in [0.717, 1.165) is 12.0 Å². The predicted molar refractivity (Wildman–Crippen MR) is 83.0 cm³/mol. The lowest BCUT2D eigenvalue weighted by atomic mass is 10.1. The molecule has 7 nitrogen and oxygen atoms in total. The fourth-order valence-corrected chi connectivity index (χ4v) is 3.43. The van der Waals surface area contributed by atoms with Gasteiger partial charge in [-0.05, 0) is 31.9 Å². The normalized spacial score (nSPS) is 18.2. The predicted octanol–water partition coefficient (Wildman–Crippen LogP) is 0.934. The van der Waals surface area contributed by atoms with Crippen LogP contribution in [0.1, 0.15) is 25.5 Å². The Morgan fingerprint density at radius 1 is 1.45 bits per heavy atom. The van der Waals surface area contributed by atoms with Gasteiger partial charge in [-0.3, -0.25) is 0 Å². The lowest BCUT2D eigenvalue weighted by Gasteiger charge is -2.32. The second-order valence-corrected chi connectivity index (χ2v) is 7.57. The maximum absolute atomic E-state index is 12.2. The van der Waals surface area contributed by atoms with Crippen LogP contribution in [-0.4, -0.2) is 50.8 Å². The highest BCUT2D eigenvalue weighted by Crippen LogP contribution is 2.12. The highest BCUT2D eigenvalue weighted by molar-refractivity contribution is 7.88. The number of carbonyl (C=O) groups excluding carboxylic acids is 1. The fraction of sp³-hybridized carbons (Fsp3) is 0.643. The van der Waals surface area contributed by atoms with Gasteiger partial charge >= 0.3 is 6.03 Å². The third kappa shape index (κ3) is 5.34. The summed E-state index contributed by atoms with van der Waals surface area (Å²) >= 11 is 0. The Bertz CT molecular complexity index is 577. The smallest absolute Gasteiger partial charge is 0.317 e. The molecule has 2 rings (SSSR count). The maximum Gasteiger partial charge on any atom is 0.317 e. The van der Waals surface area contributed by atoms with Crippen molar-refractivity contribution in [3.05, 3.63) is 24.2 Å². The van der Waals surface area contributed by atoms with E-state index in [2.05, 4.69) is 10.0 Å². The topological polar surface area (TPSA) is 91.7 Å². The Labute approximate surface area is 131 Å². The highest BCUT2D eigenvalue weighted by atomic mass is 32.2. The molecule has 1 aromatic rings. The average molecular weight is 329 g/mol. The van der Waals surface area contributed by atoms with Crippen LogP contribution in [0.5, 0.6) is 0 Å². The van der Waals surface area contributed by atoms with Crippen LogP contribution in [0.2, 0.25) is 0 Å². The van der Waals surface area contributed by atoms with Crippen molar-refractivity contribution in [3.63, 3.8) is 0 Å². The summed E-state index contributed by atoms with van der Waals surface area (Å²) in [5.41, 5.74) is 0. The van der Waals surface area contributed by atoms with Gasteiger partial charge in [-0.15, -0.1) is 0 Å².